The van der Waals surface area contributed by atoms with Crippen molar-refractivity contribution in [1.82, 2.24) is 4.31 Å². The van der Waals surface area contributed by atoms with Crippen molar-refractivity contribution in [1.29, 1.82) is 0 Å². The first kappa shape index (κ1) is 14.1. The number of nitrogens with zero attached hydrogens (tertiary/aromatic N) is 1. The standard InChI is InChI=1S/C12H18FNO2S/c1-4-11(5-2)14(3)17(15,16)12-8-6-7-10(13)9-12/h6-9,11H,4-5H2,1-3H3. The summed E-state index contributed by atoms with van der Waals surface area (Å²) in [7, 11) is -2.05. The normalized spacial score (nSPS) is 12.4. The molecule has 0 aliphatic carbocycles. The summed E-state index contributed by atoms with van der Waals surface area (Å²) in [6.07, 6.45) is 1.48. The number of hydrogen-bond donors (Lipinski definition) is 0. The summed E-state index contributed by atoms with van der Waals surface area (Å²) < 4.78 is 38.8. The summed E-state index contributed by atoms with van der Waals surface area (Å²) in [6, 6.07) is 5.05. The maximum Gasteiger partial charge on any atom is 0.243 e. The summed E-state index contributed by atoms with van der Waals surface area (Å²) in [4.78, 5) is 0.00639. The molecule has 3 nitrogen and oxygen atoms in total. The molecule has 0 bridgehead atoms. The van der Waals surface area contributed by atoms with Crippen molar-refractivity contribution >= 4 is 10.0 Å². The average molecular weight is 259 g/mol. The maximum absolute atomic E-state index is 13.0. The first-order chi connectivity index (χ1) is 7.93. The Hall–Kier alpha value is -0.940. The number of halogens is 1. The summed E-state index contributed by atoms with van der Waals surface area (Å²) in [5, 5.41) is 0. The summed E-state index contributed by atoms with van der Waals surface area (Å²) in [6.45, 7) is 3.87. The van der Waals surface area contributed by atoms with E-state index >= 15 is 0 Å². The molecule has 0 aliphatic rings. The van der Waals surface area contributed by atoms with Gasteiger partial charge in [0.2, 0.25) is 10.0 Å². The molecule has 0 unspecified atom stereocenters. The minimum absolute atomic E-state index is 0.00639. The van der Waals surface area contributed by atoms with Gasteiger partial charge < -0.3 is 0 Å². The van der Waals surface area contributed by atoms with Crippen LogP contribution in [-0.4, -0.2) is 25.8 Å². The van der Waals surface area contributed by atoms with Gasteiger partial charge in [-0.05, 0) is 31.0 Å². The van der Waals surface area contributed by atoms with E-state index in [9.17, 15) is 12.8 Å². The highest BCUT2D eigenvalue weighted by molar-refractivity contribution is 7.89. The van der Waals surface area contributed by atoms with Crippen LogP contribution in [0.3, 0.4) is 0 Å². The lowest BCUT2D eigenvalue weighted by Crippen LogP contribution is -2.36. The van der Waals surface area contributed by atoms with Crippen molar-refractivity contribution in [3.8, 4) is 0 Å². The topological polar surface area (TPSA) is 37.4 Å². The second-order valence-corrected chi connectivity index (χ2v) is 5.95. The Kier molecular flexibility index (Phi) is 4.65. The molecule has 0 saturated heterocycles. The van der Waals surface area contributed by atoms with Gasteiger partial charge in [0.1, 0.15) is 5.82 Å². The van der Waals surface area contributed by atoms with Gasteiger partial charge in [0.05, 0.1) is 4.90 Å². The van der Waals surface area contributed by atoms with E-state index < -0.39 is 15.8 Å². The molecular weight excluding hydrogens is 241 g/mol. The van der Waals surface area contributed by atoms with Crippen LogP contribution in [0.25, 0.3) is 0 Å². The number of benzene rings is 1. The predicted octanol–water partition coefficient (Wildman–Crippen LogP) is 2.63. The van der Waals surface area contributed by atoms with Crippen molar-refractivity contribution in [3.63, 3.8) is 0 Å². The van der Waals surface area contributed by atoms with E-state index in [0.29, 0.717) is 0 Å². The Morgan fingerprint density at radius 3 is 2.35 bits per heavy atom. The Bertz CT molecular complexity index is 469. The molecule has 0 amide bonds. The van der Waals surface area contributed by atoms with Crippen LogP contribution in [0.5, 0.6) is 0 Å². The first-order valence-electron chi connectivity index (χ1n) is 5.67. The molecule has 0 N–H and O–H groups in total. The van der Waals surface area contributed by atoms with Crippen molar-refractivity contribution in [2.24, 2.45) is 0 Å². The number of sulfonamides is 1. The Morgan fingerprint density at radius 2 is 1.88 bits per heavy atom. The molecule has 0 atom stereocenters. The molecule has 0 aromatic heterocycles. The van der Waals surface area contributed by atoms with Gasteiger partial charge in [0.25, 0.3) is 0 Å². The molecule has 5 heteroatoms. The highest BCUT2D eigenvalue weighted by Crippen LogP contribution is 2.19. The van der Waals surface area contributed by atoms with Gasteiger partial charge >= 0.3 is 0 Å². The monoisotopic (exact) mass is 259 g/mol. The molecule has 0 heterocycles. The van der Waals surface area contributed by atoms with Crippen molar-refractivity contribution in [2.45, 2.75) is 37.6 Å². The number of rotatable bonds is 5. The van der Waals surface area contributed by atoms with Crippen LogP contribution < -0.4 is 0 Å². The highest BCUT2D eigenvalue weighted by atomic mass is 32.2. The Labute approximate surface area is 102 Å². The van der Waals surface area contributed by atoms with Gasteiger partial charge in [0, 0.05) is 13.1 Å². The third-order valence-corrected chi connectivity index (χ3v) is 4.84. The highest BCUT2D eigenvalue weighted by Gasteiger charge is 2.26. The van der Waals surface area contributed by atoms with E-state index in [0.717, 1.165) is 18.9 Å². The van der Waals surface area contributed by atoms with Crippen LogP contribution in [0, 0.1) is 5.82 Å². The lowest BCUT2D eigenvalue weighted by Gasteiger charge is -2.25. The van der Waals surface area contributed by atoms with E-state index in [2.05, 4.69) is 0 Å². The van der Waals surface area contributed by atoms with E-state index in [4.69, 9.17) is 0 Å². The molecule has 0 fully saturated rings. The third kappa shape index (κ3) is 3.04. The molecular formula is C12H18FNO2S. The van der Waals surface area contributed by atoms with Crippen molar-refractivity contribution in [2.75, 3.05) is 7.05 Å². The largest absolute Gasteiger partial charge is 0.243 e. The molecule has 1 aromatic rings. The fourth-order valence-electron chi connectivity index (χ4n) is 1.79. The zero-order chi connectivity index (χ0) is 13.1. The van der Waals surface area contributed by atoms with E-state index in [1.54, 1.807) is 0 Å². The SMILES string of the molecule is CCC(CC)N(C)S(=O)(=O)c1cccc(F)c1. The second-order valence-electron chi connectivity index (χ2n) is 3.95. The fraction of sp³-hybridized carbons (Fsp3) is 0.500. The summed E-state index contributed by atoms with van der Waals surface area (Å²) in [5.74, 6) is -0.538. The van der Waals surface area contributed by atoms with Crippen LogP contribution in [0.2, 0.25) is 0 Å². The van der Waals surface area contributed by atoms with Gasteiger partial charge in [-0.1, -0.05) is 19.9 Å². The van der Waals surface area contributed by atoms with Crippen LogP contribution in [0.4, 0.5) is 4.39 Å². The second kappa shape index (κ2) is 5.60. The van der Waals surface area contributed by atoms with E-state index in [1.165, 1.54) is 29.6 Å². The first-order valence-corrected chi connectivity index (χ1v) is 7.11. The lowest BCUT2D eigenvalue weighted by molar-refractivity contribution is 0.349. The summed E-state index contributed by atoms with van der Waals surface area (Å²) in [5.41, 5.74) is 0. The summed E-state index contributed by atoms with van der Waals surface area (Å²) >= 11 is 0. The van der Waals surface area contributed by atoms with E-state index in [1.807, 2.05) is 13.8 Å². The van der Waals surface area contributed by atoms with Gasteiger partial charge in [-0.2, -0.15) is 4.31 Å². The number of hydrogen-bond acceptors (Lipinski definition) is 2. The molecule has 0 radical (unpaired) electrons. The minimum atomic E-state index is -3.59. The van der Waals surface area contributed by atoms with Gasteiger partial charge in [0.15, 0.2) is 0 Å². The molecule has 0 aliphatic heterocycles. The van der Waals surface area contributed by atoms with Gasteiger partial charge in [-0.25, -0.2) is 12.8 Å². The Morgan fingerprint density at radius 1 is 1.29 bits per heavy atom. The molecule has 1 rings (SSSR count). The molecule has 0 saturated carbocycles. The predicted molar refractivity (Wildman–Crippen MR) is 65.7 cm³/mol. The maximum atomic E-state index is 13.0. The van der Waals surface area contributed by atoms with Crippen LogP contribution in [0.15, 0.2) is 29.2 Å². The average Bonchev–Trinajstić information content (AvgIpc) is 2.30. The van der Waals surface area contributed by atoms with Gasteiger partial charge in [-0.3, -0.25) is 0 Å². The Balaban J connectivity index is 3.11. The third-order valence-electron chi connectivity index (χ3n) is 2.93. The van der Waals surface area contributed by atoms with Crippen LogP contribution in [0.1, 0.15) is 26.7 Å². The molecule has 1 aromatic carbocycles. The molecule has 17 heavy (non-hydrogen) atoms. The van der Waals surface area contributed by atoms with Gasteiger partial charge in [-0.15, -0.1) is 0 Å². The minimum Gasteiger partial charge on any atom is -0.207 e. The lowest BCUT2D eigenvalue weighted by atomic mass is 10.2. The van der Waals surface area contributed by atoms with Crippen molar-refractivity contribution in [3.05, 3.63) is 30.1 Å². The quantitative estimate of drug-likeness (QED) is 0.815. The zero-order valence-corrected chi connectivity index (χ0v) is 11.2. The van der Waals surface area contributed by atoms with Crippen LogP contribution >= 0.6 is 0 Å². The fourth-order valence-corrected chi connectivity index (χ4v) is 3.33. The zero-order valence-electron chi connectivity index (χ0n) is 10.4. The van der Waals surface area contributed by atoms with E-state index in [-0.39, 0.29) is 10.9 Å². The molecule has 96 valence electrons. The van der Waals surface area contributed by atoms with Crippen LogP contribution in [-0.2, 0) is 10.0 Å². The smallest absolute Gasteiger partial charge is 0.207 e. The van der Waals surface area contributed by atoms with Crippen molar-refractivity contribution < 1.29 is 12.8 Å². The molecule has 0 spiro atoms.